The Morgan fingerprint density at radius 2 is 1.65 bits per heavy atom. The van der Waals surface area contributed by atoms with Gasteiger partial charge in [-0.15, -0.1) is 10.2 Å². The minimum Gasteiger partial charge on any atom is -0.421 e. The highest BCUT2D eigenvalue weighted by atomic mass is 16.5. The van der Waals surface area contributed by atoms with Crippen molar-refractivity contribution in [3.8, 4) is 23.3 Å². The molecule has 0 spiro atoms. The lowest BCUT2D eigenvalue weighted by Gasteiger charge is -2.40. The highest BCUT2D eigenvalue weighted by Crippen LogP contribution is 2.32. The van der Waals surface area contributed by atoms with Crippen molar-refractivity contribution in [2.24, 2.45) is 0 Å². The van der Waals surface area contributed by atoms with Gasteiger partial charge in [0.1, 0.15) is 30.5 Å². The van der Waals surface area contributed by atoms with Crippen LogP contribution in [0.2, 0.25) is 0 Å². The Balaban J connectivity index is 1.52. The van der Waals surface area contributed by atoms with Gasteiger partial charge in [-0.3, -0.25) is 0 Å². The normalized spacial score (nSPS) is 25.6. The van der Waals surface area contributed by atoms with E-state index >= 15 is 0 Å². The van der Waals surface area contributed by atoms with Gasteiger partial charge in [-0.05, 0) is 42.0 Å². The highest BCUT2D eigenvalue weighted by molar-refractivity contribution is 5.55. The van der Waals surface area contributed by atoms with Gasteiger partial charge in [0.15, 0.2) is 0 Å². The zero-order chi connectivity index (χ0) is 22.0. The van der Waals surface area contributed by atoms with Gasteiger partial charge in [0.2, 0.25) is 11.8 Å². The molecule has 1 aliphatic rings. The number of aliphatic hydroxyl groups excluding tert-OH is 4. The van der Waals surface area contributed by atoms with Crippen LogP contribution in [-0.2, 0) is 4.74 Å². The lowest BCUT2D eigenvalue weighted by molar-refractivity contribution is -0.231. The van der Waals surface area contributed by atoms with Gasteiger partial charge in [-0.25, -0.2) is 0 Å². The Bertz CT molecular complexity index is 1100. The fraction of sp³-hybridized carbons (Fsp3) is 0.304. The molecule has 1 aliphatic heterocycles. The minimum absolute atomic E-state index is 0.448. The number of aromatic nitrogens is 2. The topological polar surface area (TPSA) is 129 Å². The maximum Gasteiger partial charge on any atom is 0.247 e. The summed E-state index contributed by atoms with van der Waals surface area (Å²) >= 11 is 0. The van der Waals surface area contributed by atoms with Gasteiger partial charge in [0.05, 0.1) is 6.61 Å². The van der Waals surface area contributed by atoms with Crippen LogP contribution in [0.4, 0.5) is 0 Å². The Hall–Kier alpha value is -3.06. The first-order chi connectivity index (χ1) is 15.0. The largest absolute Gasteiger partial charge is 0.421 e. The number of nitrogens with zero attached hydrogens (tertiary/aromatic N) is 2. The second-order valence-corrected chi connectivity index (χ2v) is 7.33. The molecule has 8 nitrogen and oxygen atoms in total. The predicted octanol–water partition coefficient (Wildman–Crippen LogP) is 0.960. The number of aryl methyl sites for hydroxylation is 1. The molecule has 1 aromatic heterocycles. The predicted molar refractivity (Wildman–Crippen MR) is 110 cm³/mol. The number of hydrogen-bond acceptors (Lipinski definition) is 8. The van der Waals surface area contributed by atoms with Crippen molar-refractivity contribution in [3.05, 3.63) is 71.1 Å². The van der Waals surface area contributed by atoms with E-state index in [2.05, 4.69) is 22.0 Å². The summed E-state index contributed by atoms with van der Waals surface area (Å²) in [5.41, 5.74) is 2.87. The molecule has 0 aliphatic carbocycles. The number of hydrogen-bond donors (Lipinski definition) is 4. The molecule has 0 bridgehead atoms. The molecule has 1 fully saturated rings. The first kappa shape index (κ1) is 21.2. The van der Waals surface area contributed by atoms with E-state index in [1.807, 2.05) is 30.3 Å². The quantitative estimate of drug-likeness (QED) is 0.460. The maximum absolute atomic E-state index is 10.3. The van der Waals surface area contributed by atoms with Gasteiger partial charge in [-0.2, -0.15) is 0 Å². The van der Waals surface area contributed by atoms with E-state index in [-0.39, 0.29) is 0 Å². The zero-order valence-corrected chi connectivity index (χ0v) is 16.7. The van der Waals surface area contributed by atoms with Crippen LogP contribution in [-0.4, -0.2) is 61.6 Å². The van der Waals surface area contributed by atoms with Gasteiger partial charge in [-0.1, -0.05) is 24.0 Å². The van der Waals surface area contributed by atoms with Crippen molar-refractivity contribution in [2.45, 2.75) is 37.4 Å². The van der Waals surface area contributed by atoms with Crippen LogP contribution in [0.1, 0.15) is 28.7 Å². The number of rotatable bonds is 3. The third kappa shape index (κ3) is 4.51. The van der Waals surface area contributed by atoms with Crippen molar-refractivity contribution < 1.29 is 29.6 Å². The van der Waals surface area contributed by atoms with Crippen molar-refractivity contribution in [1.29, 1.82) is 0 Å². The Kier molecular flexibility index (Phi) is 6.13. The monoisotopic (exact) mass is 422 g/mol. The molecule has 4 rings (SSSR count). The summed E-state index contributed by atoms with van der Waals surface area (Å²) in [6, 6.07) is 14.5. The number of benzene rings is 2. The van der Waals surface area contributed by atoms with Crippen LogP contribution < -0.4 is 0 Å². The van der Waals surface area contributed by atoms with E-state index in [9.17, 15) is 20.4 Å². The lowest BCUT2D eigenvalue weighted by Crippen LogP contribution is -2.55. The summed E-state index contributed by atoms with van der Waals surface area (Å²) < 4.78 is 11.0. The Morgan fingerprint density at radius 1 is 0.903 bits per heavy atom. The molecule has 0 radical (unpaired) electrons. The van der Waals surface area contributed by atoms with Crippen molar-refractivity contribution in [3.63, 3.8) is 0 Å². The van der Waals surface area contributed by atoms with E-state index < -0.39 is 37.1 Å². The van der Waals surface area contributed by atoms with E-state index in [0.29, 0.717) is 22.9 Å². The average Bonchev–Trinajstić information content (AvgIpc) is 3.23. The van der Waals surface area contributed by atoms with Crippen molar-refractivity contribution in [1.82, 2.24) is 10.2 Å². The van der Waals surface area contributed by atoms with E-state index in [1.165, 1.54) is 0 Å². The molecular weight excluding hydrogens is 400 g/mol. The first-order valence-corrected chi connectivity index (χ1v) is 9.79. The molecule has 160 valence electrons. The van der Waals surface area contributed by atoms with Gasteiger partial charge in [0, 0.05) is 23.6 Å². The van der Waals surface area contributed by atoms with E-state index in [4.69, 9.17) is 9.15 Å². The molecule has 0 unspecified atom stereocenters. The molecule has 1 saturated heterocycles. The summed E-state index contributed by atoms with van der Waals surface area (Å²) in [6.45, 7) is 1.26. The van der Waals surface area contributed by atoms with E-state index in [0.717, 1.165) is 11.1 Å². The summed E-state index contributed by atoms with van der Waals surface area (Å²) in [4.78, 5) is 0. The third-order valence-corrected chi connectivity index (χ3v) is 5.12. The van der Waals surface area contributed by atoms with Crippen molar-refractivity contribution in [2.75, 3.05) is 6.61 Å². The zero-order valence-electron chi connectivity index (χ0n) is 16.7. The fourth-order valence-corrected chi connectivity index (χ4v) is 3.42. The van der Waals surface area contributed by atoms with Crippen LogP contribution in [0, 0.1) is 18.8 Å². The molecule has 5 atom stereocenters. The molecule has 4 N–H and O–H groups in total. The molecule has 31 heavy (non-hydrogen) atoms. The van der Waals surface area contributed by atoms with Crippen LogP contribution in [0.5, 0.6) is 0 Å². The number of ether oxygens (including phenoxy) is 1. The van der Waals surface area contributed by atoms with E-state index in [1.54, 1.807) is 25.1 Å². The second-order valence-electron chi connectivity index (χ2n) is 7.33. The average molecular weight is 422 g/mol. The molecular formula is C23H22N2O6. The summed E-state index contributed by atoms with van der Waals surface area (Å²) in [5, 5.41) is 47.5. The molecule has 8 heteroatoms. The fourth-order valence-electron chi connectivity index (χ4n) is 3.42. The maximum atomic E-state index is 10.3. The summed E-state index contributed by atoms with van der Waals surface area (Å²) in [5.74, 6) is 7.08. The van der Waals surface area contributed by atoms with Gasteiger partial charge in [0.25, 0.3) is 0 Å². The third-order valence-electron chi connectivity index (χ3n) is 5.12. The standard InChI is InChI=1S/C23H22N2O6/c1-13-24-25-23(30-13)16-9-7-14(8-10-16)5-6-15-3-2-4-17(11-15)22-21(29)20(28)19(27)18(12-26)31-22/h2-4,7-11,18-22,26-29H,12H2,1H3/t18-,19-,20+,21+,22-/m1/s1. The van der Waals surface area contributed by atoms with Gasteiger partial charge < -0.3 is 29.6 Å². The second kappa shape index (κ2) is 8.98. The Morgan fingerprint density at radius 3 is 2.32 bits per heavy atom. The van der Waals surface area contributed by atoms with Crippen molar-refractivity contribution >= 4 is 0 Å². The molecule has 2 heterocycles. The highest BCUT2D eigenvalue weighted by Gasteiger charge is 2.43. The molecule has 0 saturated carbocycles. The first-order valence-electron chi connectivity index (χ1n) is 9.79. The van der Waals surface area contributed by atoms with Crippen LogP contribution >= 0.6 is 0 Å². The Labute approximate surface area is 178 Å². The summed E-state index contributed by atoms with van der Waals surface area (Å²) in [7, 11) is 0. The van der Waals surface area contributed by atoms with Crippen LogP contribution in [0.3, 0.4) is 0 Å². The van der Waals surface area contributed by atoms with Crippen LogP contribution in [0.25, 0.3) is 11.5 Å². The minimum atomic E-state index is -1.42. The van der Waals surface area contributed by atoms with Crippen LogP contribution in [0.15, 0.2) is 52.9 Å². The van der Waals surface area contributed by atoms with Gasteiger partial charge >= 0.3 is 0 Å². The lowest BCUT2D eigenvalue weighted by atomic mass is 9.91. The SMILES string of the molecule is Cc1nnc(-c2ccc(C#Cc3cccc([C@H]4O[C@H](CO)[C@@H](O)[C@H](O)[C@@H]4O)c3)cc2)o1. The smallest absolute Gasteiger partial charge is 0.247 e. The summed E-state index contributed by atoms with van der Waals surface area (Å²) in [6.07, 6.45) is -6.00. The molecule has 3 aromatic rings. The molecule has 2 aromatic carbocycles. The number of aliphatic hydroxyl groups is 4. The molecule has 0 amide bonds.